The predicted octanol–water partition coefficient (Wildman–Crippen LogP) is 0.665. The van der Waals surface area contributed by atoms with Crippen LogP contribution in [0.4, 0.5) is 0 Å². The van der Waals surface area contributed by atoms with Crippen molar-refractivity contribution in [2.75, 3.05) is 0 Å². The molecule has 0 spiro atoms. The molecule has 8 heteroatoms. The van der Waals surface area contributed by atoms with Crippen molar-refractivity contribution in [3.05, 3.63) is 24.3 Å². The summed E-state index contributed by atoms with van der Waals surface area (Å²) in [6.45, 7) is 4.70. The van der Waals surface area contributed by atoms with Crippen molar-refractivity contribution in [3.63, 3.8) is 0 Å². The van der Waals surface area contributed by atoms with Crippen LogP contribution in [0, 0.1) is 11.8 Å². The van der Waals surface area contributed by atoms with E-state index in [4.69, 9.17) is 0 Å². The highest BCUT2D eigenvalue weighted by atomic mass is 16.4. The molecule has 0 amide bonds. The van der Waals surface area contributed by atoms with Gasteiger partial charge in [-0.25, -0.2) is 4.68 Å². The third-order valence-corrected chi connectivity index (χ3v) is 2.97. The summed E-state index contributed by atoms with van der Waals surface area (Å²) in [4.78, 5) is 11.3. The Labute approximate surface area is 116 Å². The number of aromatic nitrogens is 6. The summed E-state index contributed by atoms with van der Waals surface area (Å²) < 4.78 is 3.24. The molecule has 2 heterocycles. The SMILES string of the molecule is CC(C)CC(Cn1nnnc1Cn1cccn1)C(=O)O. The molecular formula is C12H18N6O2. The molecule has 0 saturated heterocycles. The summed E-state index contributed by atoms with van der Waals surface area (Å²) in [6.07, 6.45) is 4.07. The van der Waals surface area contributed by atoms with Crippen molar-refractivity contribution in [1.82, 2.24) is 30.0 Å². The second-order valence-electron chi connectivity index (χ2n) is 5.15. The zero-order chi connectivity index (χ0) is 14.5. The lowest BCUT2D eigenvalue weighted by molar-refractivity contribution is -0.142. The lowest BCUT2D eigenvalue weighted by Gasteiger charge is -2.15. The van der Waals surface area contributed by atoms with E-state index in [2.05, 4.69) is 20.6 Å². The number of aliphatic carboxylic acids is 1. The Kier molecular flexibility index (Phi) is 4.44. The van der Waals surface area contributed by atoms with Gasteiger partial charge in [-0.1, -0.05) is 13.8 Å². The Morgan fingerprint density at radius 2 is 2.25 bits per heavy atom. The lowest BCUT2D eigenvalue weighted by atomic mass is 9.97. The number of tetrazole rings is 1. The summed E-state index contributed by atoms with van der Waals surface area (Å²) in [5.74, 6) is -0.403. The second-order valence-corrected chi connectivity index (χ2v) is 5.15. The van der Waals surface area contributed by atoms with Gasteiger partial charge in [0, 0.05) is 12.4 Å². The van der Waals surface area contributed by atoms with Gasteiger partial charge in [-0.15, -0.1) is 5.10 Å². The van der Waals surface area contributed by atoms with Crippen LogP contribution in [0.2, 0.25) is 0 Å². The van der Waals surface area contributed by atoms with E-state index in [-0.39, 0.29) is 6.54 Å². The summed E-state index contributed by atoms with van der Waals surface area (Å²) in [5.41, 5.74) is 0. The Balaban J connectivity index is 2.08. The molecule has 0 aliphatic rings. The summed E-state index contributed by atoms with van der Waals surface area (Å²) in [6, 6.07) is 1.81. The van der Waals surface area contributed by atoms with E-state index in [0.29, 0.717) is 24.7 Å². The van der Waals surface area contributed by atoms with Crippen LogP contribution in [0.15, 0.2) is 18.5 Å². The Morgan fingerprint density at radius 1 is 1.45 bits per heavy atom. The molecule has 2 aromatic rings. The zero-order valence-corrected chi connectivity index (χ0v) is 11.5. The highest BCUT2D eigenvalue weighted by Crippen LogP contribution is 2.14. The summed E-state index contributed by atoms with van der Waals surface area (Å²) in [5, 5.41) is 24.8. The first-order valence-corrected chi connectivity index (χ1v) is 6.51. The van der Waals surface area contributed by atoms with Crippen molar-refractivity contribution in [2.24, 2.45) is 11.8 Å². The largest absolute Gasteiger partial charge is 0.481 e. The van der Waals surface area contributed by atoms with Gasteiger partial charge in [0.15, 0.2) is 5.82 Å². The molecule has 20 heavy (non-hydrogen) atoms. The van der Waals surface area contributed by atoms with Gasteiger partial charge < -0.3 is 5.11 Å². The molecule has 0 aromatic carbocycles. The first kappa shape index (κ1) is 14.2. The highest BCUT2D eigenvalue weighted by molar-refractivity contribution is 5.69. The third-order valence-electron chi connectivity index (χ3n) is 2.97. The smallest absolute Gasteiger partial charge is 0.308 e. The van der Waals surface area contributed by atoms with Crippen LogP contribution >= 0.6 is 0 Å². The van der Waals surface area contributed by atoms with E-state index in [0.717, 1.165) is 0 Å². The van der Waals surface area contributed by atoms with Crippen LogP contribution in [-0.2, 0) is 17.9 Å². The Bertz CT molecular complexity index is 548. The number of carboxylic acid groups (broad SMARTS) is 1. The van der Waals surface area contributed by atoms with E-state index in [1.54, 1.807) is 15.6 Å². The fourth-order valence-electron chi connectivity index (χ4n) is 2.05. The van der Waals surface area contributed by atoms with Crippen molar-refractivity contribution in [2.45, 2.75) is 33.4 Å². The molecule has 0 bridgehead atoms. The fraction of sp³-hybridized carbons (Fsp3) is 0.583. The van der Waals surface area contributed by atoms with E-state index < -0.39 is 11.9 Å². The van der Waals surface area contributed by atoms with Gasteiger partial charge in [-0.3, -0.25) is 9.48 Å². The molecule has 108 valence electrons. The Morgan fingerprint density at radius 3 is 2.85 bits per heavy atom. The topological polar surface area (TPSA) is 98.7 Å². The average molecular weight is 278 g/mol. The first-order chi connectivity index (χ1) is 9.56. The van der Waals surface area contributed by atoms with Crippen LogP contribution in [-0.4, -0.2) is 41.1 Å². The van der Waals surface area contributed by atoms with Gasteiger partial charge >= 0.3 is 5.97 Å². The molecule has 0 radical (unpaired) electrons. The van der Waals surface area contributed by atoms with Crippen LogP contribution < -0.4 is 0 Å². The standard InChI is InChI=1S/C12H18N6O2/c1-9(2)6-10(12(19)20)7-18-11(14-15-16-18)8-17-5-3-4-13-17/h3-5,9-10H,6-8H2,1-2H3,(H,19,20). The first-order valence-electron chi connectivity index (χ1n) is 6.51. The van der Waals surface area contributed by atoms with Crippen molar-refractivity contribution >= 4 is 5.97 Å². The van der Waals surface area contributed by atoms with Crippen LogP contribution in [0.1, 0.15) is 26.1 Å². The van der Waals surface area contributed by atoms with Gasteiger partial charge in [0.2, 0.25) is 0 Å². The lowest BCUT2D eigenvalue weighted by Crippen LogP contribution is -2.24. The number of carboxylic acids is 1. The van der Waals surface area contributed by atoms with Gasteiger partial charge in [-0.2, -0.15) is 5.10 Å². The fourth-order valence-corrected chi connectivity index (χ4v) is 2.05. The minimum absolute atomic E-state index is 0.275. The highest BCUT2D eigenvalue weighted by Gasteiger charge is 2.21. The minimum atomic E-state index is -0.820. The molecule has 8 nitrogen and oxygen atoms in total. The number of rotatable bonds is 7. The second kappa shape index (κ2) is 6.27. The van der Waals surface area contributed by atoms with Crippen LogP contribution in [0.3, 0.4) is 0 Å². The van der Waals surface area contributed by atoms with Crippen LogP contribution in [0.5, 0.6) is 0 Å². The summed E-state index contributed by atoms with van der Waals surface area (Å²) in [7, 11) is 0. The number of hydrogen-bond acceptors (Lipinski definition) is 5. The van der Waals surface area contributed by atoms with Gasteiger partial charge in [-0.05, 0) is 28.8 Å². The molecule has 0 fully saturated rings. The van der Waals surface area contributed by atoms with Gasteiger partial charge in [0.25, 0.3) is 0 Å². The van der Waals surface area contributed by atoms with Crippen molar-refractivity contribution < 1.29 is 9.90 Å². The molecule has 0 saturated carbocycles. The number of carbonyl (C=O) groups is 1. The predicted molar refractivity (Wildman–Crippen MR) is 69.7 cm³/mol. The quantitative estimate of drug-likeness (QED) is 0.799. The maximum atomic E-state index is 11.3. The van der Waals surface area contributed by atoms with E-state index >= 15 is 0 Å². The average Bonchev–Trinajstić information content (AvgIpc) is 3.01. The Hall–Kier alpha value is -2.25. The summed E-state index contributed by atoms with van der Waals surface area (Å²) >= 11 is 0. The molecule has 1 atom stereocenters. The maximum absolute atomic E-state index is 11.3. The van der Waals surface area contributed by atoms with Gasteiger partial charge in [0.1, 0.15) is 6.54 Å². The molecule has 0 aliphatic heterocycles. The van der Waals surface area contributed by atoms with Crippen LogP contribution in [0.25, 0.3) is 0 Å². The monoisotopic (exact) mass is 278 g/mol. The molecule has 1 unspecified atom stereocenters. The van der Waals surface area contributed by atoms with E-state index in [9.17, 15) is 9.90 Å². The molecular weight excluding hydrogens is 260 g/mol. The molecule has 2 aromatic heterocycles. The normalized spacial score (nSPS) is 12.8. The zero-order valence-electron chi connectivity index (χ0n) is 11.5. The molecule has 1 N–H and O–H groups in total. The van der Waals surface area contributed by atoms with E-state index in [1.807, 2.05) is 26.1 Å². The number of nitrogens with zero attached hydrogens (tertiary/aromatic N) is 6. The van der Waals surface area contributed by atoms with Crippen molar-refractivity contribution in [1.29, 1.82) is 0 Å². The van der Waals surface area contributed by atoms with Crippen molar-refractivity contribution in [3.8, 4) is 0 Å². The van der Waals surface area contributed by atoms with Gasteiger partial charge in [0.05, 0.1) is 12.5 Å². The maximum Gasteiger partial charge on any atom is 0.308 e. The molecule has 0 aliphatic carbocycles. The molecule has 2 rings (SSSR count). The number of hydrogen-bond donors (Lipinski definition) is 1. The third kappa shape index (κ3) is 3.62. The van der Waals surface area contributed by atoms with E-state index in [1.165, 1.54) is 0 Å². The minimum Gasteiger partial charge on any atom is -0.481 e.